The lowest BCUT2D eigenvalue weighted by Gasteiger charge is -2.33. The molecule has 1 aromatic carbocycles. The van der Waals surface area contributed by atoms with E-state index in [1.807, 2.05) is 24.3 Å². The maximum absolute atomic E-state index is 11.8. The van der Waals surface area contributed by atoms with Crippen molar-refractivity contribution in [1.82, 2.24) is 19.8 Å². The zero-order valence-corrected chi connectivity index (χ0v) is 17.5. The molecular formula is C21H28N6O3. The minimum atomic E-state index is -0.271. The van der Waals surface area contributed by atoms with Crippen LogP contribution in [0.4, 0.5) is 10.7 Å². The van der Waals surface area contributed by atoms with E-state index in [2.05, 4.69) is 14.9 Å². The number of amides is 2. The van der Waals surface area contributed by atoms with E-state index in [0.29, 0.717) is 45.3 Å². The van der Waals surface area contributed by atoms with Gasteiger partial charge in [-0.25, -0.2) is 14.8 Å². The highest BCUT2D eigenvalue weighted by Gasteiger charge is 2.23. The van der Waals surface area contributed by atoms with Gasteiger partial charge in [0.2, 0.25) is 11.9 Å². The Morgan fingerprint density at radius 1 is 1.13 bits per heavy atom. The maximum atomic E-state index is 11.8. The number of benzene rings is 1. The van der Waals surface area contributed by atoms with Gasteiger partial charge in [0.25, 0.3) is 0 Å². The van der Waals surface area contributed by atoms with E-state index in [0.717, 1.165) is 16.7 Å². The molecule has 0 saturated carbocycles. The molecule has 2 heterocycles. The molecule has 0 spiro atoms. The van der Waals surface area contributed by atoms with Gasteiger partial charge >= 0.3 is 6.09 Å². The molecule has 2 N–H and O–H groups in total. The van der Waals surface area contributed by atoms with Crippen LogP contribution in [-0.2, 0) is 16.1 Å². The minimum absolute atomic E-state index is 0.000455. The minimum Gasteiger partial charge on any atom is -0.450 e. The van der Waals surface area contributed by atoms with Gasteiger partial charge in [-0.15, -0.1) is 0 Å². The van der Waals surface area contributed by atoms with Crippen LogP contribution < -0.4 is 10.6 Å². The highest BCUT2D eigenvalue weighted by Crippen LogP contribution is 2.21. The number of hydrogen-bond acceptors (Lipinski definition) is 7. The van der Waals surface area contributed by atoms with Crippen molar-refractivity contribution < 1.29 is 14.3 Å². The van der Waals surface area contributed by atoms with Crippen LogP contribution in [0.3, 0.4) is 0 Å². The van der Waals surface area contributed by atoms with Crippen molar-refractivity contribution in [3.8, 4) is 11.1 Å². The predicted octanol–water partition coefficient (Wildman–Crippen LogP) is 1.34. The Balaban J connectivity index is 1.63. The van der Waals surface area contributed by atoms with Crippen LogP contribution in [0.2, 0.25) is 0 Å². The molecule has 160 valence electrons. The van der Waals surface area contributed by atoms with E-state index in [4.69, 9.17) is 10.5 Å². The van der Waals surface area contributed by atoms with Gasteiger partial charge in [-0.2, -0.15) is 0 Å². The quantitative estimate of drug-likeness (QED) is 0.763. The van der Waals surface area contributed by atoms with Crippen LogP contribution in [0.1, 0.15) is 12.5 Å². The summed E-state index contributed by atoms with van der Waals surface area (Å²) in [4.78, 5) is 37.9. The van der Waals surface area contributed by atoms with Crippen molar-refractivity contribution in [3.05, 3.63) is 42.2 Å². The van der Waals surface area contributed by atoms with E-state index in [-0.39, 0.29) is 18.5 Å². The van der Waals surface area contributed by atoms with Crippen molar-refractivity contribution in [3.63, 3.8) is 0 Å². The lowest BCUT2D eigenvalue weighted by Crippen LogP contribution is -2.49. The van der Waals surface area contributed by atoms with Gasteiger partial charge in [-0.1, -0.05) is 18.2 Å². The average Bonchev–Trinajstić information content (AvgIpc) is 2.79. The molecule has 1 aromatic heterocycles. The van der Waals surface area contributed by atoms with Crippen molar-refractivity contribution in [2.75, 3.05) is 51.3 Å². The van der Waals surface area contributed by atoms with E-state index in [1.54, 1.807) is 36.2 Å². The highest BCUT2D eigenvalue weighted by atomic mass is 16.6. The fourth-order valence-corrected chi connectivity index (χ4v) is 3.30. The maximum Gasteiger partial charge on any atom is 0.409 e. The summed E-state index contributed by atoms with van der Waals surface area (Å²) in [6.07, 6.45) is 3.33. The summed E-state index contributed by atoms with van der Waals surface area (Å²) in [6.45, 7) is 5.17. The Morgan fingerprint density at radius 3 is 2.47 bits per heavy atom. The van der Waals surface area contributed by atoms with Crippen LogP contribution in [-0.4, -0.2) is 78.1 Å². The largest absolute Gasteiger partial charge is 0.450 e. The molecule has 0 bridgehead atoms. The van der Waals surface area contributed by atoms with Crippen LogP contribution >= 0.6 is 0 Å². The zero-order chi connectivity index (χ0) is 21.5. The summed E-state index contributed by atoms with van der Waals surface area (Å²) in [5, 5.41) is 0. The van der Waals surface area contributed by atoms with E-state index < -0.39 is 0 Å². The molecule has 1 aliphatic heterocycles. The van der Waals surface area contributed by atoms with Crippen molar-refractivity contribution in [2.24, 2.45) is 5.73 Å². The van der Waals surface area contributed by atoms with Gasteiger partial charge in [0.15, 0.2) is 0 Å². The number of rotatable bonds is 6. The van der Waals surface area contributed by atoms with Crippen LogP contribution in [0.25, 0.3) is 11.1 Å². The average molecular weight is 412 g/mol. The van der Waals surface area contributed by atoms with E-state index in [9.17, 15) is 9.59 Å². The van der Waals surface area contributed by atoms with E-state index >= 15 is 0 Å². The van der Waals surface area contributed by atoms with Crippen LogP contribution in [0.5, 0.6) is 0 Å². The lowest BCUT2D eigenvalue weighted by atomic mass is 10.1. The summed E-state index contributed by atoms with van der Waals surface area (Å²) in [5.41, 5.74) is 8.32. The number of nitrogens with zero attached hydrogens (tertiary/aromatic N) is 5. The highest BCUT2D eigenvalue weighted by molar-refractivity contribution is 5.77. The molecule has 30 heavy (non-hydrogen) atoms. The number of nitrogens with two attached hydrogens (primary N) is 1. The number of likely N-dealkylation sites (N-methyl/N-ethyl adjacent to an activating group) is 1. The Kier molecular flexibility index (Phi) is 7.18. The first kappa shape index (κ1) is 21.5. The number of hydrogen-bond donors (Lipinski definition) is 1. The fourth-order valence-electron chi connectivity index (χ4n) is 3.30. The molecular weight excluding hydrogens is 384 g/mol. The molecule has 0 unspecified atom stereocenters. The molecule has 1 saturated heterocycles. The van der Waals surface area contributed by atoms with Gasteiger partial charge in [0.1, 0.15) is 0 Å². The summed E-state index contributed by atoms with van der Waals surface area (Å²) >= 11 is 0. The number of aromatic nitrogens is 2. The first-order chi connectivity index (χ1) is 14.5. The van der Waals surface area contributed by atoms with Gasteiger partial charge in [0, 0.05) is 57.7 Å². The first-order valence-corrected chi connectivity index (χ1v) is 10.0. The van der Waals surface area contributed by atoms with Crippen LogP contribution in [0.15, 0.2) is 36.7 Å². The lowest BCUT2D eigenvalue weighted by molar-refractivity contribution is -0.128. The molecule has 1 aliphatic rings. The number of anilines is 1. The van der Waals surface area contributed by atoms with E-state index in [1.165, 1.54) is 0 Å². The molecule has 1 fully saturated rings. The third-order valence-corrected chi connectivity index (χ3v) is 5.01. The second-order valence-corrected chi connectivity index (χ2v) is 7.10. The molecule has 0 atom stereocenters. The topological polar surface area (TPSA) is 105 Å². The summed E-state index contributed by atoms with van der Waals surface area (Å²) in [5.74, 6) is 0.544. The smallest absolute Gasteiger partial charge is 0.409 e. The van der Waals surface area contributed by atoms with Crippen molar-refractivity contribution >= 4 is 17.9 Å². The van der Waals surface area contributed by atoms with Gasteiger partial charge in [0.05, 0.1) is 13.2 Å². The van der Waals surface area contributed by atoms with Gasteiger partial charge in [-0.3, -0.25) is 4.79 Å². The third-order valence-electron chi connectivity index (χ3n) is 5.01. The standard InChI is InChI=1S/C21H28N6O3/c1-3-30-21(29)27-9-7-26(8-10-27)20-23-13-18(14-24-20)17-6-4-5-16(11-17)15-25(2)19(28)12-22/h4-6,11,13-14H,3,7-10,12,15,22H2,1-2H3. The second kappa shape index (κ2) is 10.0. The Labute approximate surface area is 176 Å². The van der Waals surface area contributed by atoms with Gasteiger partial charge in [-0.05, 0) is 24.1 Å². The predicted molar refractivity (Wildman–Crippen MR) is 114 cm³/mol. The molecule has 2 aromatic rings. The van der Waals surface area contributed by atoms with Crippen LogP contribution in [0, 0.1) is 0 Å². The molecule has 0 aliphatic carbocycles. The number of carbonyl (C=O) groups is 2. The molecule has 2 amide bonds. The normalized spacial score (nSPS) is 13.8. The monoisotopic (exact) mass is 412 g/mol. The van der Waals surface area contributed by atoms with Crippen molar-refractivity contribution in [2.45, 2.75) is 13.5 Å². The Hall–Kier alpha value is -3.20. The number of carbonyl (C=O) groups excluding carboxylic acids is 2. The molecule has 0 radical (unpaired) electrons. The van der Waals surface area contributed by atoms with Crippen molar-refractivity contribution in [1.29, 1.82) is 0 Å². The van der Waals surface area contributed by atoms with Gasteiger partial charge < -0.3 is 25.2 Å². The summed E-state index contributed by atoms with van der Waals surface area (Å²) < 4.78 is 5.05. The molecule has 9 heteroatoms. The third kappa shape index (κ3) is 5.24. The number of ether oxygens (including phenoxy) is 1. The SMILES string of the molecule is CCOC(=O)N1CCN(c2ncc(-c3cccc(CN(C)C(=O)CN)c3)cn2)CC1. The Bertz CT molecular complexity index is 865. The molecule has 3 rings (SSSR count). The summed E-state index contributed by atoms with van der Waals surface area (Å²) in [6, 6.07) is 7.94. The fraction of sp³-hybridized carbons (Fsp3) is 0.429. The Morgan fingerprint density at radius 2 is 1.83 bits per heavy atom. The number of piperazine rings is 1. The second-order valence-electron chi connectivity index (χ2n) is 7.10. The molecule has 9 nitrogen and oxygen atoms in total. The first-order valence-electron chi connectivity index (χ1n) is 10.0. The summed E-state index contributed by atoms with van der Waals surface area (Å²) in [7, 11) is 1.74. The zero-order valence-electron chi connectivity index (χ0n) is 17.5.